The highest BCUT2D eigenvalue weighted by Gasteiger charge is 2.16. The zero-order chi connectivity index (χ0) is 14.7. The van der Waals surface area contributed by atoms with E-state index in [1.54, 1.807) is 31.3 Å². The number of nitrogens with two attached hydrogens (primary N) is 1. The Morgan fingerprint density at radius 3 is 2.75 bits per heavy atom. The summed E-state index contributed by atoms with van der Waals surface area (Å²) >= 11 is 4.91. The highest BCUT2D eigenvalue weighted by molar-refractivity contribution is 7.80. The summed E-state index contributed by atoms with van der Waals surface area (Å²) in [5.41, 5.74) is 6.60. The van der Waals surface area contributed by atoms with Crippen molar-refractivity contribution in [2.75, 3.05) is 11.9 Å². The number of hydrogen-bond donors (Lipinski definition) is 2. The first kappa shape index (κ1) is 14.0. The van der Waals surface area contributed by atoms with Gasteiger partial charge in [-0.1, -0.05) is 24.4 Å². The van der Waals surface area contributed by atoms with Crippen LogP contribution in [0.1, 0.15) is 15.9 Å². The lowest BCUT2D eigenvalue weighted by atomic mass is 10.1. The number of aromatic amines is 1. The standard InChI is InChI=1S/C14H13N3O2S/c1-17(10-4-2-3-9(7-10)13(15)20)14(19)11-8-16-6-5-12(11)18/h2-8H,1H3,(H2,15,20)(H,16,18). The number of rotatable bonds is 3. The maximum atomic E-state index is 12.3. The first-order chi connectivity index (χ1) is 9.50. The second-order valence-corrected chi connectivity index (χ2v) is 4.64. The van der Waals surface area contributed by atoms with Crippen LogP contribution in [0.25, 0.3) is 0 Å². The number of nitrogens with zero attached hydrogens (tertiary/aromatic N) is 1. The van der Waals surface area contributed by atoms with E-state index in [1.165, 1.54) is 23.4 Å². The predicted molar refractivity (Wildman–Crippen MR) is 82.1 cm³/mol. The number of benzene rings is 1. The first-order valence-electron chi connectivity index (χ1n) is 5.85. The Bertz CT molecular complexity index is 724. The lowest BCUT2D eigenvalue weighted by Crippen LogP contribution is -2.30. The number of amides is 1. The molecule has 1 aromatic carbocycles. The van der Waals surface area contributed by atoms with Gasteiger partial charge in [0.2, 0.25) is 0 Å². The van der Waals surface area contributed by atoms with Crippen LogP contribution in [-0.2, 0) is 0 Å². The fourth-order valence-electron chi connectivity index (χ4n) is 1.75. The molecule has 3 N–H and O–H groups in total. The summed E-state index contributed by atoms with van der Waals surface area (Å²) in [5.74, 6) is -0.396. The molecule has 0 radical (unpaired) electrons. The van der Waals surface area contributed by atoms with E-state index in [2.05, 4.69) is 4.98 Å². The van der Waals surface area contributed by atoms with Crippen LogP contribution in [0.4, 0.5) is 5.69 Å². The van der Waals surface area contributed by atoms with Crippen LogP contribution in [0.5, 0.6) is 0 Å². The monoisotopic (exact) mass is 287 g/mol. The summed E-state index contributed by atoms with van der Waals surface area (Å²) in [6.07, 6.45) is 2.87. The Morgan fingerprint density at radius 2 is 2.10 bits per heavy atom. The van der Waals surface area contributed by atoms with Gasteiger partial charge >= 0.3 is 0 Å². The van der Waals surface area contributed by atoms with Gasteiger partial charge in [0, 0.05) is 36.8 Å². The molecule has 0 atom stereocenters. The molecule has 20 heavy (non-hydrogen) atoms. The van der Waals surface area contributed by atoms with Crippen LogP contribution >= 0.6 is 12.2 Å². The van der Waals surface area contributed by atoms with Crippen molar-refractivity contribution in [3.05, 3.63) is 64.1 Å². The van der Waals surface area contributed by atoms with Gasteiger partial charge in [-0.15, -0.1) is 0 Å². The third-order valence-electron chi connectivity index (χ3n) is 2.88. The summed E-state index contributed by atoms with van der Waals surface area (Å²) in [4.78, 5) is 28.3. The van der Waals surface area contributed by atoms with E-state index in [4.69, 9.17) is 18.0 Å². The number of pyridine rings is 1. The molecule has 0 aliphatic rings. The predicted octanol–water partition coefficient (Wildman–Crippen LogP) is 1.29. The van der Waals surface area contributed by atoms with Gasteiger partial charge in [-0.05, 0) is 12.1 Å². The zero-order valence-electron chi connectivity index (χ0n) is 10.8. The van der Waals surface area contributed by atoms with Crippen LogP contribution < -0.4 is 16.1 Å². The van der Waals surface area contributed by atoms with Gasteiger partial charge in [0.1, 0.15) is 10.6 Å². The summed E-state index contributed by atoms with van der Waals surface area (Å²) in [5, 5.41) is 0. The Hall–Kier alpha value is -2.47. The number of carbonyl (C=O) groups excluding carboxylic acids is 1. The van der Waals surface area contributed by atoms with Crippen LogP contribution in [-0.4, -0.2) is 22.9 Å². The molecule has 1 heterocycles. The average molecular weight is 287 g/mol. The minimum absolute atomic E-state index is 0.0794. The molecule has 0 spiro atoms. The normalized spacial score (nSPS) is 10.1. The summed E-state index contributed by atoms with van der Waals surface area (Å²) in [6, 6.07) is 8.28. The SMILES string of the molecule is CN(C(=O)c1c[nH]ccc1=O)c1cccc(C(N)=S)c1. The maximum absolute atomic E-state index is 12.3. The maximum Gasteiger partial charge on any atom is 0.263 e. The molecule has 102 valence electrons. The van der Waals surface area contributed by atoms with Crippen LogP contribution in [0.3, 0.4) is 0 Å². The van der Waals surface area contributed by atoms with Crippen molar-refractivity contribution in [2.45, 2.75) is 0 Å². The minimum Gasteiger partial charge on any atom is -0.389 e. The van der Waals surface area contributed by atoms with E-state index in [1.807, 2.05) is 0 Å². The molecular weight excluding hydrogens is 274 g/mol. The number of nitrogens with one attached hydrogen (secondary N) is 1. The largest absolute Gasteiger partial charge is 0.389 e. The summed E-state index contributed by atoms with van der Waals surface area (Å²) in [7, 11) is 1.59. The van der Waals surface area contributed by atoms with Crippen molar-refractivity contribution >= 4 is 28.8 Å². The van der Waals surface area contributed by atoms with E-state index < -0.39 is 5.91 Å². The number of thiocarbonyl (C=S) groups is 1. The molecule has 0 unspecified atom stereocenters. The Balaban J connectivity index is 2.36. The third kappa shape index (κ3) is 2.75. The van der Waals surface area contributed by atoms with Gasteiger partial charge in [0.05, 0.1) is 0 Å². The van der Waals surface area contributed by atoms with E-state index >= 15 is 0 Å². The number of H-pyrrole nitrogens is 1. The Labute approximate surface area is 121 Å². The molecular formula is C14H13N3O2S. The molecule has 0 saturated carbocycles. The van der Waals surface area contributed by atoms with Crippen molar-refractivity contribution in [1.29, 1.82) is 0 Å². The zero-order valence-corrected chi connectivity index (χ0v) is 11.6. The van der Waals surface area contributed by atoms with E-state index in [0.29, 0.717) is 11.3 Å². The quantitative estimate of drug-likeness (QED) is 0.834. The number of aromatic nitrogens is 1. The van der Waals surface area contributed by atoms with E-state index in [-0.39, 0.29) is 16.0 Å². The molecule has 0 aliphatic heterocycles. The molecule has 2 rings (SSSR count). The van der Waals surface area contributed by atoms with Gasteiger partial charge in [0.25, 0.3) is 5.91 Å². The average Bonchev–Trinajstić information content (AvgIpc) is 2.46. The molecule has 0 fully saturated rings. The molecule has 0 saturated heterocycles. The molecule has 2 aromatic rings. The highest BCUT2D eigenvalue weighted by atomic mass is 32.1. The van der Waals surface area contributed by atoms with Crippen molar-refractivity contribution in [1.82, 2.24) is 4.98 Å². The Morgan fingerprint density at radius 1 is 1.35 bits per heavy atom. The van der Waals surface area contributed by atoms with E-state index in [0.717, 1.165) is 0 Å². The van der Waals surface area contributed by atoms with Crippen LogP contribution in [0, 0.1) is 0 Å². The van der Waals surface area contributed by atoms with Crippen LogP contribution in [0.2, 0.25) is 0 Å². The van der Waals surface area contributed by atoms with Gasteiger partial charge in [0.15, 0.2) is 5.43 Å². The molecule has 6 heteroatoms. The van der Waals surface area contributed by atoms with Gasteiger partial charge in [-0.25, -0.2) is 0 Å². The van der Waals surface area contributed by atoms with Gasteiger partial charge < -0.3 is 15.6 Å². The second kappa shape index (κ2) is 5.66. The third-order valence-corrected chi connectivity index (χ3v) is 3.11. The fraction of sp³-hybridized carbons (Fsp3) is 0.0714. The summed E-state index contributed by atoms with van der Waals surface area (Å²) < 4.78 is 0. The number of carbonyl (C=O) groups is 1. The fourth-order valence-corrected chi connectivity index (χ4v) is 1.88. The van der Waals surface area contributed by atoms with Crippen molar-refractivity contribution in [3.63, 3.8) is 0 Å². The lowest BCUT2D eigenvalue weighted by Gasteiger charge is -2.17. The summed E-state index contributed by atoms with van der Waals surface area (Å²) in [6.45, 7) is 0. The van der Waals surface area contributed by atoms with Crippen LogP contribution in [0.15, 0.2) is 47.5 Å². The van der Waals surface area contributed by atoms with E-state index in [9.17, 15) is 9.59 Å². The topological polar surface area (TPSA) is 79.2 Å². The Kier molecular flexibility index (Phi) is 3.95. The van der Waals surface area contributed by atoms with Crippen molar-refractivity contribution in [2.24, 2.45) is 5.73 Å². The van der Waals surface area contributed by atoms with Gasteiger partial charge in [-0.3, -0.25) is 9.59 Å². The van der Waals surface area contributed by atoms with Crippen molar-refractivity contribution in [3.8, 4) is 0 Å². The first-order valence-corrected chi connectivity index (χ1v) is 6.26. The smallest absolute Gasteiger partial charge is 0.263 e. The lowest BCUT2D eigenvalue weighted by molar-refractivity contribution is 0.0991. The molecule has 0 aliphatic carbocycles. The van der Waals surface area contributed by atoms with Gasteiger partial charge in [-0.2, -0.15) is 0 Å². The molecule has 1 amide bonds. The molecule has 1 aromatic heterocycles. The number of hydrogen-bond acceptors (Lipinski definition) is 3. The second-order valence-electron chi connectivity index (χ2n) is 4.20. The highest BCUT2D eigenvalue weighted by Crippen LogP contribution is 2.16. The molecule has 5 nitrogen and oxygen atoms in total. The van der Waals surface area contributed by atoms with Crippen molar-refractivity contribution < 1.29 is 4.79 Å². The minimum atomic E-state index is -0.396. The molecule has 0 bridgehead atoms. The number of anilines is 1.